The predicted molar refractivity (Wildman–Crippen MR) is 51.2 cm³/mol. The molecule has 0 fully saturated rings. The van der Waals surface area contributed by atoms with Crippen molar-refractivity contribution in [2.75, 3.05) is 5.75 Å². The Morgan fingerprint density at radius 1 is 1.00 bits per heavy atom. The zero-order valence-electron chi connectivity index (χ0n) is 8.42. The Kier molecular flexibility index (Phi) is 16.0. The van der Waals surface area contributed by atoms with Gasteiger partial charge in [-0.25, -0.2) is 0 Å². The summed E-state index contributed by atoms with van der Waals surface area (Å²) in [5, 5.41) is 10.0. The Hall–Kier alpha value is 0.820. The molecule has 0 spiro atoms. The third kappa shape index (κ3) is 15.6. The molecule has 0 bridgehead atoms. The minimum atomic E-state index is -0.926. The van der Waals surface area contributed by atoms with E-state index >= 15 is 0 Å². The third-order valence-electron chi connectivity index (χ3n) is 1.79. The van der Waals surface area contributed by atoms with E-state index < -0.39 is 5.97 Å². The first-order valence-electron chi connectivity index (χ1n) is 4.58. The average molecular weight is 212 g/mol. The topological polar surface area (TPSA) is 40.1 Å². The minimum absolute atomic E-state index is 0. The number of rotatable bonds is 8. The van der Waals surface area contributed by atoms with E-state index in [0.717, 1.165) is 25.0 Å². The molecular formula is C9H17NaO2S. The first-order chi connectivity index (χ1) is 5.77. The van der Waals surface area contributed by atoms with E-state index in [1.807, 2.05) is 0 Å². The van der Waals surface area contributed by atoms with Gasteiger partial charge < -0.3 is 9.90 Å². The first-order valence-corrected chi connectivity index (χ1v) is 5.21. The van der Waals surface area contributed by atoms with Crippen molar-refractivity contribution in [1.82, 2.24) is 0 Å². The molecule has 0 aliphatic heterocycles. The van der Waals surface area contributed by atoms with Gasteiger partial charge in [-0.3, -0.25) is 0 Å². The summed E-state index contributed by atoms with van der Waals surface area (Å²) >= 11 is 4.10. The van der Waals surface area contributed by atoms with Crippen molar-refractivity contribution in [2.45, 2.75) is 44.9 Å². The van der Waals surface area contributed by atoms with Crippen LogP contribution in [0.5, 0.6) is 0 Å². The maximum absolute atomic E-state index is 10.0. The van der Waals surface area contributed by atoms with Crippen molar-refractivity contribution in [2.24, 2.45) is 0 Å². The Balaban J connectivity index is 0. The molecule has 0 rings (SSSR count). The number of hydrogen-bond acceptors (Lipinski definition) is 3. The quantitative estimate of drug-likeness (QED) is 0.299. The van der Waals surface area contributed by atoms with Crippen molar-refractivity contribution in [3.8, 4) is 0 Å². The van der Waals surface area contributed by atoms with Gasteiger partial charge in [-0.15, -0.1) is 0 Å². The van der Waals surface area contributed by atoms with E-state index in [-0.39, 0.29) is 36.0 Å². The van der Waals surface area contributed by atoms with Gasteiger partial charge in [0.1, 0.15) is 0 Å². The van der Waals surface area contributed by atoms with E-state index in [2.05, 4.69) is 12.6 Å². The maximum Gasteiger partial charge on any atom is 1.00 e. The number of carboxylic acid groups (broad SMARTS) is 1. The summed E-state index contributed by atoms with van der Waals surface area (Å²) in [6, 6.07) is 0. The first kappa shape index (κ1) is 16.3. The second-order valence-corrected chi connectivity index (χ2v) is 3.41. The summed E-state index contributed by atoms with van der Waals surface area (Å²) in [5.74, 6) is 0.0318. The van der Waals surface area contributed by atoms with Gasteiger partial charge in [0.15, 0.2) is 0 Å². The van der Waals surface area contributed by atoms with Crippen LogP contribution < -0.4 is 34.7 Å². The summed E-state index contributed by atoms with van der Waals surface area (Å²) in [7, 11) is 0. The van der Waals surface area contributed by atoms with Crippen LogP contribution in [0.25, 0.3) is 0 Å². The summed E-state index contributed by atoms with van der Waals surface area (Å²) in [6.45, 7) is 0. The molecule has 0 heterocycles. The third-order valence-corrected chi connectivity index (χ3v) is 2.11. The van der Waals surface area contributed by atoms with Crippen molar-refractivity contribution < 1.29 is 39.5 Å². The normalized spacial score (nSPS) is 9.31. The maximum atomic E-state index is 10.0. The van der Waals surface area contributed by atoms with Crippen molar-refractivity contribution in [1.29, 1.82) is 0 Å². The van der Waals surface area contributed by atoms with Crippen molar-refractivity contribution in [3.63, 3.8) is 0 Å². The Labute approximate surface area is 108 Å². The van der Waals surface area contributed by atoms with Crippen LogP contribution in [-0.4, -0.2) is 11.7 Å². The second-order valence-electron chi connectivity index (χ2n) is 2.97. The molecule has 0 aromatic rings. The Morgan fingerprint density at radius 2 is 1.46 bits per heavy atom. The van der Waals surface area contributed by atoms with E-state index in [1.165, 1.54) is 19.3 Å². The molecule has 0 aromatic carbocycles. The van der Waals surface area contributed by atoms with Crippen LogP contribution in [0.2, 0.25) is 0 Å². The Bertz CT molecular complexity index is 120. The number of unbranched alkanes of at least 4 members (excludes halogenated alkanes) is 5. The van der Waals surface area contributed by atoms with Crippen LogP contribution in [-0.2, 0) is 4.79 Å². The average Bonchev–Trinajstić information content (AvgIpc) is 2.02. The number of carbonyl (C=O) groups is 1. The monoisotopic (exact) mass is 212 g/mol. The summed E-state index contributed by atoms with van der Waals surface area (Å²) < 4.78 is 0. The molecule has 0 aliphatic rings. The number of hydrogen-bond donors (Lipinski definition) is 1. The van der Waals surface area contributed by atoms with Crippen LogP contribution in [0.3, 0.4) is 0 Å². The van der Waals surface area contributed by atoms with E-state index in [4.69, 9.17) is 0 Å². The zero-order chi connectivity index (χ0) is 9.23. The van der Waals surface area contributed by atoms with Crippen molar-refractivity contribution in [3.05, 3.63) is 0 Å². The van der Waals surface area contributed by atoms with Gasteiger partial charge in [-0.1, -0.05) is 25.7 Å². The summed E-state index contributed by atoms with van der Waals surface area (Å²) in [4.78, 5) is 10.0. The van der Waals surface area contributed by atoms with Crippen LogP contribution >= 0.6 is 12.6 Å². The molecule has 4 heteroatoms. The SMILES string of the molecule is O=C([O-])CCCCCCCCS.[Na+]. The molecule has 2 nitrogen and oxygen atoms in total. The zero-order valence-corrected chi connectivity index (χ0v) is 11.3. The van der Waals surface area contributed by atoms with Gasteiger partial charge in [-0.2, -0.15) is 12.6 Å². The summed E-state index contributed by atoms with van der Waals surface area (Å²) in [5.41, 5.74) is 0. The van der Waals surface area contributed by atoms with E-state index in [1.54, 1.807) is 0 Å². The molecule has 0 saturated heterocycles. The number of aliphatic carboxylic acids is 1. The minimum Gasteiger partial charge on any atom is -0.550 e. The molecular weight excluding hydrogens is 195 g/mol. The molecule has 0 saturated carbocycles. The van der Waals surface area contributed by atoms with Crippen LogP contribution in [0, 0.1) is 0 Å². The van der Waals surface area contributed by atoms with Gasteiger partial charge in [0.2, 0.25) is 0 Å². The largest absolute Gasteiger partial charge is 1.00 e. The van der Waals surface area contributed by atoms with Gasteiger partial charge in [0, 0.05) is 5.97 Å². The fraction of sp³-hybridized carbons (Fsp3) is 0.889. The van der Waals surface area contributed by atoms with Gasteiger partial charge in [0.05, 0.1) is 0 Å². The van der Waals surface area contributed by atoms with Crippen molar-refractivity contribution >= 4 is 18.6 Å². The smallest absolute Gasteiger partial charge is 0.550 e. The standard InChI is InChI=1S/C9H18O2S.Na/c10-9(11)7-5-3-1-2-4-6-8-12;/h12H,1-8H2,(H,10,11);/q;+1/p-1. The molecule has 0 unspecified atom stereocenters. The summed E-state index contributed by atoms with van der Waals surface area (Å²) in [6.07, 6.45) is 6.73. The van der Waals surface area contributed by atoms with E-state index in [9.17, 15) is 9.90 Å². The Morgan fingerprint density at radius 3 is 1.92 bits per heavy atom. The molecule has 0 aromatic heterocycles. The van der Waals surface area contributed by atoms with Crippen LogP contribution in [0.4, 0.5) is 0 Å². The predicted octanol–water partition coefficient (Wildman–Crippen LogP) is -1.60. The molecule has 0 atom stereocenters. The van der Waals surface area contributed by atoms with Gasteiger partial charge >= 0.3 is 29.6 Å². The molecule has 0 N–H and O–H groups in total. The van der Waals surface area contributed by atoms with Gasteiger partial charge in [-0.05, 0) is 25.0 Å². The molecule has 0 radical (unpaired) electrons. The molecule has 13 heavy (non-hydrogen) atoms. The fourth-order valence-electron chi connectivity index (χ4n) is 1.09. The van der Waals surface area contributed by atoms with Crippen LogP contribution in [0.15, 0.2) is 0 Å². The van der Waals surface area contributed by atoms with E-state index in [0.29, 0.717) is 0 Å². The fourth-order valence-corrected chi connectivity index (χ4v) is 1.31. The number of carbonyl (C=O) groups excluding carboxylic acids is 1. The second kappa shape index (κ2) is 12.8. The number of thiol groups is 1. The molecule has 0 aliphatic carbocycles. The molecule has 72 valence electrons. The number of carboxylic acids is 1. The van der Waals surface area contributed by atoms with Crippen LogP contribution in [0.1, 0.15) is 44.9 Å². The molecule has 0 amide bonds. The van der Waals surface area contributed by atoms with Gasteiger partial charge in [0.25, 0.3) is 0 Å².